The van der Waals surface area contributed by atoms with Crippen LogP contribution in [0.15, 0.2) is 28.7 Å². The molecule has 1 heterocycles. The van der Waals surface area contributed by atoms with E-state index in [1.165, 1.54) is 5.69 Å². The van der Waals surface area contributed by atoms with Crippen LogP contribution in [0.3, 0.4) is 0 Å². The minimum absolute atomic E-state index is 0.144. The normalized spacial score (nSPS) is 23.8. The third-order valence-corrected chi connectivity index (χ3v) is 3.82. The summed E-state index contributed by atoms with van der Waals surface area (Å²) in [6, 6.07) is 8.49. The fourth-order valence-electron chi connectivity index (χ4n) is 2.38. The Morgan fingerprint density at radius 1 is 1.50 bits per heavy atom. The van der Waals surface area contributed by atoms with Crippen molar-refractivity contribution in [2.24, 2.45) is 5.41 Å². The van der Waals surface area contributed by atoms with Gasteiger partial charge in [0.05, 0.1) is 6.61 Å². The Morgan fingerprint density at radius 2 is 2.28 bits per heavy atom. The van der Waals surface area contributed by atoms with Crippen LogP contribution in [0.1, 0.15) is 13.8 Å². The Morgan fingerprint density at radius 3 is 2.94 bits per heavy atom. The minimum atomic E-state index is 0.144. The lowest BCUT2D eigenvalue weighted by atomic mass is 9.93. The Kier molecular flexibility index (Phi) is 4.30. The number of aliphatic hydroxyl groups is 1. The topological polar surface area (TPSA) is 35.5 Å². The van der Waals surface area contributed by atoms with Crippen LogP contribution < -0.4 is 10.2 Å². The number of hydrogen-bond acceptors (Lipinski definition) is 3. The van der Waals surface area contributed by atoms with E-state index in [-0.39, 0.29) is 18.1 Å². The highest BCUT2D eigenvalue weighted by atomic mass is 79.9. The summed E-state index contributed by atoms with van der Waals surface area (Å²) >= 11 is 3.52. The molecule has 100 valence electrons. The molecule has 0 saturated carbocycles. The molecule has 0 amide bonds. The van der Waals surface area contributed by atoms with E-state index in [1.54, 1.807) is 0 Å². The van der Waals surface area contributed by atoms with Crippen LogP contribution in [0, 0.1) is 5.41 Å². The Balaban J connectivity index is 2.23. The molecule has 0 aliphatic carbocycles. The zero-order chi connectivity index (χ0) is 13.2. The molecular formula is C14H21BrN2O. The molecule has 2 rings (SSSR count). The first-order chi connectivity index (χ1) is 8.50. The SMILES string of the molecule is CC1(C)CNC(CO)CN(c2cccc(Br)c2)C1. The summed E-state index contributed by atoms with van der Waals surface area (Å²) in [6.45, 7) is 7.46. The zero-order valence-electron chi connectivity index (χ0n) is 11.0. The summed E-state index contributed by atoms with van der Waals surface area (Å²) < 4.78 is 1.09. The molecule has 4 heteroatoms. The first kappa shape index (κ1) is 13.8. The van der Waals surface area contributed by atoms with Gasteiger partial charge in [-0.15, -0.1) is 0 Å². The number of halogens is 1. The number of rotatable bonds is 2. The number of nitrogens with zero attached hydrogens (tertiary/aromatic N) is 1. The van der Waals surface area contributed by atoms with Crippen LogP contribution >= 0.6 is 15.9 Å². The van der Waals surface area contributed by atoms with Gasteiger partial charge in [-0.3, -0.25) is 0 Å². The third-order valence-electron chi connectivity index (χ3n) is 3.32. The molecule has 1 aromatic carbocycles. The number of benzene rings is 1. The lowest BCUT2D eigenvalue weighted by Gasteiger charge is -2.31. The lowest BCUT2D eigenvalue weighted by molar-refractivity contribution is 0.242. The molecule has 0 radical (unpaired) electrons. The second-order valence-electron chi connectivity index (χ2n) is 5.79. The number of hydrogen-bond donors (Lipinski definition) is 2. The fourth-order valence-corrected chi connectivity index (χ4v) is 2.77. The van der Waals surface area contributed by atoms with Gasteiger partial charge in [-0.25, -0.2) is 0 Å². The second kappa shape index (κ2) is 5.59. The van der Waals surface area contributed by atoms with E-state index in [0.717, 1.165) is 24.1 Å². The highest BCUT2D eigenvalue weighted by Gasteiger charge is 2.28. The molecule has 18 heavy (non-hydrogen) atoms. The predicted octanol–water partition coefficient (Wildman–Crippen LogP) is 2.25. The van der Waals surface area contributed by atoms with Crippen molar-refractivity contribution in [3.8, 4) is 0 Å². The van der Waals surface area contributed by atoms with Gasteiger partial charge in [-0.2, -0.15) is 0 Å². The predicted molar refractivity (Wildman–Crippen MR) is 79.0 cm³/mol. The quantitative estimate of drug-likeness (QED) is 0.879. The van der Waals surface area contributed by atoms with E-state index < -0.39 is 0 Å². The van der Waals surface area contributed by atoms with Gasteiger partial charge in [0.2, 0.25) is 0 Å². The van der Waals surface area contributed by atoms with Crippen molar-refractivity contribution in [3.05, 3.63) is 28.7 Å². The van der Waals surface area contributed by atoms with E-state index in [9.17, 15) is 5.11 Å². The molecule has 1 aromatic rings. The molecule has 1 fully saturated rings. The van der Waals surface area contributed by atoms with E-state index >= 15 is 0 Å². The number of anilines is 1. The molecule has 3 nitrogen and oxygen atoms in total. The van der Waals surface area contributed by atoms with Gasteiger partial charge in [0.25, 0.3) is 0 Å². The summed E-state index contributed by atoms with van der Waals surface area (Å²) in [5.41, 5.74) is 1.41. The Bertz CT molecular complexity index is 409. The summed E-state index contributed by atoms with van der Waals surface area (Å²) in [7, 11) is 0. The summed E-state index contributed by atoms with van der Waals surface area (Å²) in [6.07, 6.45) is 0. The van der Waals surface area contributed by atoms with Crippen molar-refractivity contribution in [1.29, 1.82) is 0 Å². The van der Waals surface area contributed by atoms with Gasteiger partial charge in [-0.1, -0.05) is 35.8 Å². The molecular weight excluding hydrogens is 292 g/mol. The van der Waals surface area contributed by atoms with E-state index in [4.69, 9.17) is 0 Å². The maximum absolute atomic E-state index is 9.41. The monoisotopic (exact) mass is 312 g/mol. The average molecular weight is 313 g/mol. The maximum Gasteiger partial charge on any atom is 0.0601 e. The highest BCUT2D eigenvalue weighted by Crippen LogP contribution is 2.26. The van der Waals surface area contributed by atoms with Crippen LogP contribution in [0.4, 0.5) is 5.69 Å². The van der Waals surface area contributed by atoms with Gasteiger partial charge in [0.1, 0.15) is 0 Å². The molecule has 0 bridgehead atoms. The van der Waals surface area contributed by atoms with Crippen LogP contribution in [-0.4, -0.2) is 37.4 Å². The van der Waals surface area contributed by atoms with E-state index in [2.05, 4.69) is 58.2 Å². The molecule has 2 N–H and O–H groups in total. The molecule has 1 unspecified atom stereocenters. The van der Waals surface area contributed by atoms with Crippen molar-refractivity contribution in [3.63, 3.8) is 0 Å². The van der Waals surface area contributed by atoms with Gasteiger partial charge in [-0.05, 0) is 23.6 Å². The molecule has 1 saturated heterocycles. The van der Waals surface area contributed by atoms with Gasteiger partial charge in [0, 0.05) is 35.8 Å². The summed E-state index contributed by atoms with van der Waals surface area (Å²) in [4.78, 5) is 2.35. The lowest BCUT2D eigenvalue weighted by Crippen LogP contribution is -2.40. The largest absolute Gasteiger partial charge is 0.395 e. The molecule has 0 spiro atoms. The number of nitrogens with one attached hydrogen (secondary N) is 1. The minimum Gasteiger partial charge on any atom is -0.395 e. The van der Waals surface area contributed by atoms with Crippen molar-refractivity contribution in [1.82, 2.24) is 5.32 Å². The molecule has 1 aliphatic heterocycles. The Labute approximate surface area is 117 Å². The van der Waals surface area contributed by atoms with E-state index in [0.29, 0.717) is 0 Å². The second-order valence-corrected chi connectivity index (χ2v) is 6.70. The van der Waals surface area contributed by atoms with E-state index in [1.807, 2.05) is 6.07 Å². The fraction of sp³-hybridized carbons (Fsp3) is 0.571. The van der Waals surface area contributed by atoms with Crippen LogP contribution in [0.25, 0.3) is 0 Å². The number of aliphatic hydroxyl groups excluding tert-OH is 1. The van der Waals surface area contributed by atoms with Crippen molar-refractivity contribution in [2.45, 2.75) is 19.9 Å². The first-order valence-corrected chi connectivity index (χ1v) is 7.14. The molecule has 1 atom stereocenters. The standard InChI is InChI=1S/C14H21BrN2O/c1-14(2)9-16-12(8-18)7-17(10-14)13-5-3-4-11(15)6-13/h3-6,12,16,18H,7-10H2,1-2H3. The maximum atomic E-state index is 9.41. The van der Waals surface area contributed by atoms with Crippen molar-refractivity contribution in [2.75, 3.05) is 31.1 Å². The summed E-state index contributed by atoms with van der Waals surface area (Å²) in [5.74, 6) is 0. The average Bonchev–Trinajstić information content (AvgIpc) is 2.47. The molecule has 1 aliphatic rings. The van der Waals surface area contributed by atoms with Crippen molar-refractivity contribution >= 4 is 21.6 Å². The zero-order valence-corrected chi connectivity index (χ0v) is 12.6. The van der Waals surface area contributed by atoms with Gasteiger partial charge in [0.15, 0.2) is 0 Å². The smallest absolute Gasteiger partial charge is 0.0601 e. The first-order valence-electron chi connectivity index (χ1n) is 6.35. The van der Waals surface area contributed by atoms with Crippen LogP contribution in [0.2, 0.25) is 0 Å². The summed E-state index contributed by atoms with van der Waals surface area (Å²) in [5, 5.41) is 12.8. The van der Waals surface area contributed by atoms with Crippen LogP contribution in [0.5, 0.6) is 0 Å². The van der Waals surface area contributed by atoms with Gasteiger partial charge >= 0.3 is 0 Å². The van der Waals surface area contributed by atoms with Crippen molar-refractivity contribution < 1.29 is 5.11 Å². The third kappa shape index (κ3) is 3.46. The highest BCUT2D eigenvalue weighted by molar-refractivity contribution is 9.10. The molecule has 0 aromatic heterocycles. The Hall–Kier alpha value is -0.580. The van der Waals surface area contributed by atoms with Crippen LogP contribution in [-0.2, 0) is 0 Å². The van der Waals surface area contributed by atoms with Gasteiger partial charge < -0.3 is 15.3 Å².